The van der Waals surface area contributed by atoms with Crippen LogP contribution in [0.4, 0.5) is 5.69 Å². The van der Waals surface area contributed by atoms with Crippen molar-refractivity contribution in [3.8, 4) is 5.75 Å². The fourth-order valence-corrected chi connectivity index (χ4v) is 4.44. The van der Waals surface area contributed by atoms with E-state index in [9.17, 15) is 13.2 Å². The summed E-state index contributed by atoms with van der Waals surface area (Å²) in [5.74, 6) is 0.727. The summed E-state index contributed by atoms with van der Waals surface area (Å²) >= 11 is 1.29. The average Bonchev–Trinajstić information content (AvgIpc) is 2.63. The molecule has 152 valence electrons. The molecule has 0 aliphatic carbocycles. The number of thioether (sulfide) groups is 1. The Morgan fingerprint density at radius 2 is 2.07 bits per heavy atom. The molecular formula is C17H26N2O6S2. The van der Waals surface area contributed by atoms with Gasteiger partial charge in [-0.05, 0) is 32.0 Å². The van der Waals surface area contributed by atoms with Gasteiger partial charge in [0.1, 0.15) is 5.75 Å². The Kier molecular flexibility index (Phi) is 8.36. The number of nitrogens with zero attached hydrogens (tertiary/aromatic N) is 1. The van der Waals surface area contributed by atoms with Crippen LogP contribution >= 0.6 is 11.8 Å². The van der Waals surface area contributed by atoms with Crippen LogP contribution < -0.4 is 10.1 Å². The normalized spacial score (nSPS) is 15.7. The predicted molar refractivity (Wildman–Crippen MR) is 105 cm³/mol. The van der Waals surface area contributed by atoms with Crippen LogP contribution in [0.25, 0.3) is 0 Å². The van der Waals surface area contributed by atoms with E-state index in [-0.39, 0.29) is 29.3 Å². The number of aliphatic hydroxyl groups is 1. The lowest BCUT2D eigenvalue weighted by Gasteiger charge is -2.26. The zero-order chi connectivity index (χ0) is 19.9. The third kappa shape index (κ3) is 6.35. The second-order valence-electron chi connectivity index (χ2n) is 6.17. The molecule has 1 fully saturated rings. The lowest BCUT2D eigenvalue weighted by atomic mass is 10.3. The Morgan fingerprint density at radius 1 is 1.37 bits per heavy atom. The fraction of sp³-hybridized carbons (Fsp3) is 0.588. The highest BCUT2D eigenvalue weighted by molar-refractivity contribution is 7.99. The quantitative estimate of drug-likeness (QED) is 0.580. The third-order valence-corrected chi connectivity index (χ3v) is 6.50. The average molecular weight is 419 g/mol. The molecule has 8 nitrogen and oxygen atoms in total. The van der Waals surface area contributed by atoms with Gasteiger partial charge in [0.2, 0.25) is 15.9 Å². The molecule has 1 amide bonds. The van der Waals surface area contributed by atoms with E-state index in [0.29, 0.717) is 43.5 Å². The van der Waals surface area contributed by atoms with Crippen LogP contribution in [-0.4, -0.2) is 74.3 Å². The molecule has 1 aromatic carbocycles. The molecule has 1 heterocycles. The SMILES string of the molecule is CC(C)Oc1ccc(S(=O)(=O)N2CCOCC2)cc1NC(=O)CSCCO. The maximum atomic E-state index is 12.9. The summed E-state index contributed by atoms with van der Waals surface area (Å²) in [5, 5.41) is 11.5. The van der Waals surface area contributed by atoms with Gasteiger partial charge in [-0.1, -0.05) is 0 Å². The van der Waals surface area contributed by atoms with Crippen molar-refractivity contribution in [2.45, 2.75) is 24.8 Å². The molecule has 0 spiro atoms. The number of aliphatic hydroxyl groups excluding tert-OH is 1. The lowest BCUT2D eigenvalue weighted by Crippen LogP contribution is -2.40. The van der Waals surface area contributed by atoms with Gasteiger partial charge < -0.3 is 19.9 Å². The van der Waals surface area contributed by atoms with E-state index >= 15 is 0 Å². The number of benzene rings is 1. The highest BCUT2D eigenvalue weighted by atomic mass is 32.2. The number of sulfonamides is 1. The number of amides is 1. The van der Waals surface area contributed by atoms with Gasteiger partial charge in [-0.2, -0.15) is 4.31 Å². The van der Waals surface area contributed by atoms with Gasteiger partial charge in [0.15, 0.2) is 0 Å². The van der Waals surface area contributed by atoms with Crippen molar-refractivity contribution >= 4 is 33.4 Å². The summed E-state index contributed by atoms with van der Waals surface area (Å²) in [7, 11) is -3.68. The van der Waals surface area contributed by atoms with Crippen molar-refractivity contribution in [3.63, 3.8) is 0 Å². The Morgan fingerprint density at radius 3 is 2.70 bits per heavy atom. The highest BCUT2D eigenvalue weighted by Gasteiger charge is 2.27. The van der Waals surface area contributed by atoms with Gasteiger partial charge in [0, 0.05) is 18.8 Å². The second-order valence-corrected chi connectivity index (χ2v) is 9.21. The molecule has 2 rings (SSSR count). The van der Waals surface area contributed by atoms with E-state index in [1.54, 1.807) is 6.07 Å². The van der Waals surface area contributed by atoms with E-state index in [2.05, 4.69) is 5.32 Å². The van der Waals surface area contributed by atoms with Crippen LogP contribution in [0.5, 0.6) is 5.75 Å². The minimum atomic E-state index is -3.68. The van der Waals surface area contributed by atoms with Gasteiger partial charge in [-0.15, -0.1) is 11.8 Å². The summed E-state index contributed by atoms with van der Waals surface area (Å²) in [6, 6.07) is 4.47. The molecule has 0 aromatic heterocycles. The maximum Gasteiger partial charge on any atom is 0.243 e. The van der Waals surface area contributed by atoms with Crippen molar-refractivity contribution in [2.75, 3.05) is 49.7 Å². The first-order valence-electron chi connectivity index (χ1n) is 8.71. The molecule has 0 atom stereocenters. The smallest absolute Gasteiger partial charge is 0.243 e. The number of hydrogen-bond acceptors (Lipinski definition) is 7. The molecular weight excluding hydrogens is 392 g/mol. The molecule has 2 N–H and O–H groups in total. The number of morpholine rings is 1. The zero-order valence-corrected chi connectivity index (χ0v) is 17.1. The molecule has 1 aromatic rings. The van der Waals surface area contributed by atoms with Crippen LogP contribution in [0.15, 0.2) is 23.1 Å². The standard InChI is InChI=1S/C17H26N2O6S2/c1-13(2)25-16-4-3-14(27(22,23)19-5-8-24-9-6-19)11-15(16)18-17(21)12-26-10-7-20/h3-4,11,13,20H,5-10,12H2,1-2H3,(H,18,21). The first-order chi connectivity index (χ1) is 12.8. The van der Waals surface area contributed by atoms with E-state index in [0.717, 1.165) is 0 Å². The first kappa shape index (κ1) is 22.0. The molecule has 27 heavy (non-hydrogen) atoms. The van der Waals surface area contributed by atoms with Gasteiger partial charge in [-0.25, -0.2) is 8.42 Å². The zero-order valence-electron chi connectivity index (χ0n) is 15.5. The molecule has 0 radical (unpaired) electrons. The van der Waals surface area contributed by atoms with Gasteiger partial charge >= 0.3 is 0 Å². The Bertz CT molecular complexity index is 733. The number of ether oxygens (including phenoxy) is 2. The Labute approximate surface area is 164 Å². The minimum absolute atomic E-state index is 0.00701. The van der Waals surface area contributed by atoms with Gasteiger partial charge in [0.05, 0.1) is 42.3 Å². The summed E-state index contributed by atoms with van der Waals surface area (Å²) in [4.78, 5) is 12.2. The summed E-state index contributed by atoms with van der Waals surface area (Å²) in [6.07, 6.45) is -0.133. The molecule has 1 saturated heterocycles. The molecule has 1 aliphatic rings. The molecule has 0 bridgehead atoms. The molecule has 10 heteroatoms. The van der Waals surface area contributed by atoms with Crippen molar-refractivity contribution in [2.24, 2.45) is 0 Å². The maximum absolute atomic E-state index is 12.9. The van der Waals surface area contributed by atoms with Crippen LogP contribution in [0.2, 0.25) is 0 Å². The number of carbonyl (C=O) groups excluding carboxylic acids is 1. The number of anilines is 1. The van der Waals surface area contributed by atoms with Gasteiger partial charge in [-0.3, -0.25) is 4.79 Å². The molecule has 1 aliphatic heterocycles. The van der Waals surface area contributed by atoms with Crippen molar-refractivity contribution in [1.29, 1.82) is 0 Å². The third-order valence-electron chi connectivity index (χ3n) is 3.66. The second kappa shape index (κ2) is 10.3. The van der Waals surface area contributed by atoms with Crippen LogP contribution in [0.1, 0.15) is 13.8 Å². The topological polar surface area (TPSA) is 105 Å². The Balaban J connectivity index is 2.25. The van der Waals surface area contributed by atoms with Crippen molar-refractivity contribution in [1.82, 2.24) is 4.31 Å². The minimum Gasteiger partial charge on any atom is -0.489 e. The summed E-state index contributed by atoms with van der Waals surface area (Å²) in [5.41, 5.74) is 0.313. The van der Waals surface area contributed by atoms with E-state index in [1.165, 1.54) is 28.2 Å². The van der Waals surface area contributed by atoms with Crippen LogP contribution in [-0.2, 0) is 19.6 Å². The number of hydrogen-bond donors (Lipinski definition) is 2. The predicted octanol–water partition coefficient (Wildman–Crippen LogP) is 1.16. The highest BCUT2D eigenvalue weighted by Crippen LogP contribution is 2.30. The van der Waals surface area contributed by atoms with E-state index in [4.69, 9.17) is 14.6 Å². The van der Waals surface area contributed by atoms with Crippen molar-refractivity contribution in [3.05, 3.63) is 18.2 Å². The summed E-state index contributed by atoms with van der Waals surface area (Å²) in [6.45, 7) is 5.01. The monoisotopic (exact) mass is 418 g/mol. The lowest BCUT2D eigenvalue weighted by molar-refractivity contribution is -0.113. The molecule has 0 unspecified atom stereocenters. The fourth-order valence-electron chi connectivity index (χ4n) is 2.48. The molecule has 0 saturated carbocycles. The van der Waals surface area contributed by atoms with Crippen molar-refractivity contribution < 1.29 is 27.8 Å². The largest absolute Gasteiger partial charge is 0.489 e. The van der Waals surface area contributed by atoms with E-state index < -0.39 is 10.0 Å². The van der Waals surface area contributed by atoms with Crippen LogP contribution in [0, 0.1) is 0 Å². The van der Waals surface area contributed by atoms with Crippen LogP contribution in [0.3, 0.4) is 0 Å². The Hall–Kier alpha value is -1.33. The number of carbonyl (C=O) groups is 1. The number of rotatable bonds is 9. The van der Waals surface area contributed by atoms with E-state index in [1.807, 2.05) is 13.8 Å². The summed E-state index contributed by atoms with van der Waals surface area (Å²) < 4.78 is 38.0. The number of nitrogens with one attached hydrogen (secondary N) is 1. The van der Waals surface area contributed by atoms with Gasteiger partial charge in [0.25, 0.3) is 0 Å². The first-order valence-corrected chi connectivity index (χ1v) is 11.3.